The molecule has 1 aliphatic rings. The van der Waals surface area contributed by atoms with Crippen LogP contribution in [0.5, 0.6) is 5.75 Å². The van der Waals surface area contributed by atoms with Crippen molar-refractivity contribution < 1.29 is 22.9 Å². The van der Waals surface area contributed by atoms with E-state index in [0.717, 1.165) is 11.3 Å². The van der Waals surface area contributed by atoms with Gasteiger partial charge in [0.1, 0.15) is 11.8 Å². The third kappa shape index (κ3) is 4.72. The molecule has 12 heteroatoms. The van der Waals surface area contributed by atoms with Crippen molar-refractivity contribution in [1.29, 1.82) is 0 Å². The Morgan fingerprint density at radius 1 is 1.27 bits per heavy atom. The predicted molar refractivity (Wildman–Crippen MR) is 123 cm³/mol. The fraction of sp³-hybridized carbons (Fsp3) is 0.238. The van der Waals surface area contributed by atoms with Crippen molar-refractivity contribution in [2.45, 2.75) is 23.8 Å². The van der Waals surface area contributed by atoms with E-state index >= 15 is 0 Å². The quantitative estimate of drug-likeness (QED) is 0.397. The number of rotatable bonds is 7. The summed E-state index contributed by atoms with van der Waals surface area (Å²) in [6.45, 7) is 0.239. The number of nitro benzene ring substituents is 1. The molecule has 4 rings (SSSR count). The highest BCUT2D eigenvalue weighted by molar-refractivity contribution is 7.89. The maximum absolute atomic E-state index is 13.1. The molecule has 1 aliphatic heterocycles. The average Bonchev–Trinajstić information content (AvgIpc) is 3.49. The summed E-state index contributed by atoms with van der Waals surface area (Å²) in [5.41, 5.74) is 0.968. The number of hydrogen-bond donors (Lipinski definition) is 1. The summed E-state index contributed by atoms with van der Waals surface area (Å²) in [7, 11) is -2.37. The summed E-state index contributed by atoms with van der Waals surface area (Å²) in [5, 5.41) is 15.7. The Balaban J connectivity index is 1.50. The number of thiazole rings is 1. The Hall–Kier alpha value is -3.35. The molecule has 1 fully saturated rings. The average molecular weight is 489 g/mol. The third-order valence-corrected chi connectivity index (χ3v) is 7.94. The number of hydrogen-bond acceptors (Lipinski definition) is 8. The second kappa shape index (κ2) is 9.25. The minimum Gasteiger partial charge on any atom is -0.497 e. The van der Waals surface area contributed by atoms with Crippen LogP contribution in [-0.2, 0) is 14.8 Å². The van der Waals surface area contributed by atoms with Gasteiger partial charge < -0.3 is 10.1 Å². The molecule has 0 radical (unpaired) electrons. The maximum Gasteiger partial charge on any atom is 0.270 e. The van der Waals surface area contributed by atoms with Crippen LogP contribution in [0.25, 0.3) is 11.3 Å². The molecule has 1 amide bonds. The SMILES string of the molecule is COc1ccc(S(=O)(=O)N2CCCC2C(=O)Nc2nc(-c3cccc([N+](=O)[O-])c3)cs2)cc1. The molecule has 0 spiro atoms. The molecular weight excluding hydrogens is 468 g/mol. The first kappa shape index (κ1) is 22.8. The van der Waals surface area contributed by atoms with Crippen molar-refractivity contribution in [2.24, 2.45) is 0 Å². The largest absolute Gasteiger partial charge is 0.497 e. The van der Waals surface area contributed by atoms with Crippen molar-refractivity contribution in [3.8, 4) is 17.0 Å². The predicted octanol–water partition coefficient (Wildman–Crippen LogP) is 3.52. The topological polar surface area (TPSA) is 132 Å². The van der Waals surface area contributed by atoms with Gasteiger partial charge in [0.25, 0.3) is 5.69 Å². The summed E-state index contributed by atoms with van der Waals surface area (Å²) in [5.74, 6) is 0.0671. The smallest absolute Gasteiger partial charge is 0.270 e. The van der Waals surface area contributed by atoms with E-state index < -0.39 is 26.9 Å². The number of nitrogens with zero attached hydrogens (tertiary/aromatic N) is 3. The first-order valence-corrected chi connectivity index (χ1v) is 12.3. The number of methoxy groups -OCH3 is 1. The molecule has 3 aromatic rings. The molecule has 1 N–H and O–H groups in total. The zero-order chi connectivity index (χ0) is 23.6. The van der Waals surface area contributed by atoms with Crippen LogP contribution in [-0.4, -0.2) is 48.2 Å². The standard InChI is InChI=1S/C21H20N4O6S2/c1-31-16-7-9-17(10-8-16)33(29,30)24-11-3-6-19(24)20(26)23-21-22-18(13-32-21)14-4-2-5-15(12-14)25(27)28/h2,4-5,7-10,12-13,19H,3,6,11H2,1H3,(H,22,23,26). The molecule has 172 valence electrons. The van der Waals surface area contributed by atoms with Gasteiger partial charge in [-0.05, 0) is 37.1 Å². The van der Waals surface area contributed by atoms with Crippen LogP contribution in [0.4, 0.5) is 10.8 Å². The molecule has 33 heavy (non-hydrogen) atoms. The minimum absolute atomic E-state index is 0.0589. The van der Waals surface area contributed by atoms with Crippen LogP contribution in [0, 0.1) is 10.1 Å². The summed E-state index contributed by atoms with van der Waals surface area (Å²) < 4.78 is 32.5. The van der Waals surface area contributed by atoms with Gasteiger partial charge in [-0.2, -0.15) is 4.31 Å². The summed E-state index contributed by atoms with van der Waals surface area (Å²) >= 11 is 1.16. The van der Waals surface area contributed by atoms with E-state index in [-0.39, 0.29) is 22.3 Å². The third-order valence-electron chi connectivity index (χ3n) is 5.26. The number of sulfonamides is 1. The van der Waals surface area contributed by atoms with Gasteiger partial charge in [-0.25, -0.2) is 13.4 Å². The maximum atomic E-state index is 13.1. The van der Waals surface area contributed by atoms with Crippen LogP contribution in [0.15, 0.2) is 58.8 Å². The first-order chi connectivity index (χ1) is 15.8. The second-order valence-corrected chi connectivity index (χ2v) is 10.0. The Bertz CT molecular complexity index is 1290. The number of anilines is 1. The Morgan fingerprint density at radius 2 is 2.03 bits per heavy atom. The van der Waals surface area contributed by atoms with Crippen molar-refractivity contribution in [1.82, 2.24) is 9.29 Å². The van der Waals surface area contributed by atoms with E-state index in [1.165, 1.54) is 35.7 Å². The molecule has 10 nitrogen and oxygen atoms in total. The first-order valence-electron chi connectivity index (χ1n) is 9.97. The molecule has 1 saturated heterocycles. The summed E-state index contributed by atoms with van der Waals surface area (Å²) in [4.78, 5) is 27.9. The van der Waals surface area contributed by atoms with Gasteiger partial charge >= 0.3 is 0 Å². The van der Waals surface area contributed by atoms with Crippen LogP contribution >= 0.6 is 11.3 Å². The van der Waals surface area contributed by atoms with E-state index in [9.17, 15) is 23.3 Å². The number of nitrogens with one attached hydrogen (secondary N) is 1. The van der Waals surface area contributed by atoms with Crippen LogP contribution in [0.3, 0.4) is 0 Å². The summed E-state index contributed by atoms with van der Waals surface area (Å²) in [6.07, 6.45) is 0.953. The van der Waals surface area contributed by atoms with E-state index in [1.54, 1.807) is 29.6 Å². The lowest BCUT2D eigenvalue weighted by Crippen LogP contribution is -2.43. The number of benzene rings is 2. The zero-order valence-corrected chi connectivity index (χ0v) is 19.1. The summed E-state index contributed by atoms with van der Waals surface area (Å²) in [6, 6.07) is 11.2. The molecule has 1 atom stereocenters. The van der Waals surface area contributed by atoms with E-state index in [4.69, 9.17) is 4.74 Å². The minimum atomic E-state index is -3.86. The van der Waals surface area contributed by atoms with Gasteiger partial charge in [0.15, 0.2) is 5.13 Å². The van der Waals surface area contributed by atoms with Gasteiger partial charge in [0, 0.05) is 29.6 Å². The van der Waals surface area contributed by atoms with E-state index in [1.807, 2.05) is 0 Å². The molecule has 1 aromatic heterocycles. The van der Waals surface area contributed by atoms with Crippen LogP contribution < -0.4 is 10.1 Å². The van der Waals surface area contributed by atoms with Crippen LogP contribution in [0.2, 0.25) is 0 Å². The monoisotopic (exact) mass is 488 g/mol. The molecule has 0 saturated carbocycles. The number of aromatic nitrogens is 1. The van der Waals surface area contributed by atoms with E-state index in [0.29, 0.717) is 29.8 Å². The number of carbonyl (C=O) groups excluding carboxylic acids is 1. The van der Waals surface area contributed by atoms with Crippen molar-refractivity contribution in [3.05, 3.63) is 64.0 Å². The molecule has 0 aliphatic carbocycles. The van der Waals surface area contributed by atoms with E-state index in [2.05, 4.69) is 10.3 Å². The lowest BCUT2D eigenvalue weighted by molar-refractivity contribution is -0.384. The lowest BCUT2D eigenvalue weighted by Gasteiger charge is -2.23. The molecule has 2 aromatic carbocycles. The van der Waals surface area contributed by atoms with Gasteiger partial charge in [-0.15, -0.1) is 11.3 Å². The number of ether oxygens (including phenoxy) is 1. The highest BCUT2D eigenvalue weighted by atomic mass is 32.2. The Kier molecular flexibility index (Phi) is 6.40. The number of nitro groups is 1. The van der Waals surface area contributed by atoms with Gasteiger partial charge in [-0.3, -0.25) is 14.9 Å². The fourth-order valence-electron chi connectivity index (χ4n) is 3.60. The number of carbonyl (C=O) groups is 1. The lowest BCUT2D eigenvalue weighted by atomic mass is 10.1. The van der Waals surface area contributed by atoms with Gasteiger partial charge in [0.05, 0.1) is 22.6 Å². The zero-order valence-electron chi connectivity index (χ0n) is 17.5. The van der Waals surface area contributed by atoms with Crippen molar-refractivity contribution in [2.75, 3.05) is 19.0 Å². The van der Waals surface area contributed by atoms with Crippen LogP contribution in [0.1, 0.15) is 12.8 Å². The number of amides is 1. The highest BCUT2D eigenvalue weighted by Gasteiger charge is 2.39. The van der Waals surface area contributed by atoms with Crippen molar-refractivity contribution >= 4 is 38.1 Å². The van der Waals surface area contributed by atoms with Gasteiger partial charge in [0.2, 0.25) is 15.9 Å². The van der Waals surface area contributed by atoms with Crippen molar-refractivity contribution in [3.63, 3.8) is 0 Å². The fourth-order valence-corrected chi connectivity index (χ4v) is 5.98. The normalized spacial score (nSPS) is 16.5. The molecular formula is C21H20N4O6S2. The number of non-ortho nitro benzene ring substituents is 1. The van der Waals surface area contributed by atoms with Gasteiger partial charge in [-0.1, -0.05) is 12.1 Å². The second-order valence-electron chi connectivity index (χ2n) is 7.28. The highest BCUT2D eigenvalue weighted by Crippen LogP contribution is 2.30. The Labute approximate surface area is 194 Å². The molecule has 2 heterocycles. The Morgan fingerprint density at radius 3 is 2.73 bits per heavy atom. The molecule has 1 unspecified atom stereocenters. The molecule has 0 bridgehead atoms.